The van der Waals surface area contributed by atoms with Crippen LogP contribution < -0.4 is 10.1 Å². The minimum absolute atomic E-state index is 0.448. The van der Waals surface area contributed by atoms with Crippen molar-refractivity contribution in [2.75, 3.05) is 13.2 Å². The van der Waals surface area contributed by atoms with E-state index in [0.29, 0.717) is 24.0 Å². The van der Waals surface area contributed by atoms with E-state index >= 15 is 0 Å². The van der Waals surface area contributed by atoms with Crippen LogP contribution in [0.4, 0.5) is 0 Å². The van der Waals surface area contributed by atoms with Gasteiger partial charge in [-0.2, -0.15) is 5.26 Å². The molecule has 0 aliphatic carbocycles. The molecule has 0 atom stereocenters. The summed E-state index contributed by atoms with van der Waals surface area (Å²) < 4.78 is 6.41. The molecule has 0 saturated carbocycles. The molecule has 1 N–H and O–H groups in total. The fourth-order valence-corrected chi connectivity index (χ4v) is 1.59. The van der Waals surface area contributed by atoms with E-state index in [1.165, 1.54) is 0 Å². The maximum absolute atomic E-state index is 8.92. The quantitative estimate of drug-likeness (QED) is 0.845. The van der Waals surface area contributed by atoms with Gasteiger partial charge in [0.15, 0.2) is 0 Å². The molecule has 0 heterocycles. The second-order valence-electron chi connectivity index (χ2n) is 3.71. The van der Waals surface area contributed by atoms with Crippen molar-refractivity contribution >= 4 is 15.9 Å². The Labute approximate surface area is 105 Å². The Morgan fingerprint density at radius 3 is 2.88 bits per heavy atom. The van der Waals surface area contributed by atoms with E-state index in [2.05, 4.69) is 41.2 Å². The maximum Gasteiger partial charge on any atom is 0.137 e. The van der Waals surface area contributed by atoms with Crippen molar-refractivity contribution in [1.82, 2.24) is 5.32 Å². The molecule has 4 heteroatoms. The van der Waals surface area contributed by atoms with Crippen LogP contribution in [0.2, 0.25) is 0 Å². The van der Waals surface area contributed by atoms with Crippen molar-refractivity contribution in [2.45, 2.75) is 19.9 Å². The second kappa shape index (κ2) is 6.51. The van der Waals surface area contributed by atoms with Crippen molar-refractivity contribution in [3.8, 4) is 11.8 Å². The molecule has 16 heavy (non-hydrogen) atoms. The third-order valence-electron chi connectivity index (χ3n) is 1.97. The molecule has 0 amide bonds. The first-order valence-corrected chi connectivity index (χ1v) is 5.98. The van der Waals surface area contributed by atoms with E-state index in [4.69, 9.17) is 10.00 Å². The Bertz CT molecular complexity index is 385. The highest BCUT2D eigenvalue weighted by atomic mass is 79.9. The standard InChI is InChI=1S/C12H15BrN2O/c1-9(2)15-5-6-16-12-4-3-11(13)7-10(12)8-14/h3-4,7,9,15H,5-6H2,1-2H3. The average molecular weight is 283 g/mol. The van der Waals surface area contributed by atoms with E-state index in [0.717, 1.165) is 11.0 Å². The van der Waals surface area contributed by atoms with Gasteiger partial charge in [-0.3, -0.25) is 0 Å². The van der Waals surface area contributed by atoms with Gasteiger partial charge in [0, 0.05) is 17.1 Å². The Kier molecular flexibility index (Phi) is 5.30. The summed E-state index contributed by atoms with van der Waals surface area (Å²) in [7, 11) is 0. The van der Waals surface area contributed by atoms with Gasteiger partial charge in [0.2, 0.25) is 0 Å². The van der Waals surface area contributed by atoms with Gasteiger partial charge in [0.25, 0.3) is 0 Å². The number of rotatable bonds is 5. The van der Waals surface area contributed by atoms with Crippen molar-refractivity contribution in [1.29, 1.82) is 5.26 Å². The lowest BCUT2D eigenvalue weighted by atomic mass is 10.2. The van der Waals surface area contributed by atoms with Crippen LogP contribution in [0.3, 0.4) is 0 Å². The van der Waals surface area contributed by atoms with Gasteiger partial charge < -0.3 is 10.1 Å². The van der Waals surface area contributed by atoms with Gasteiger partial charge in [-0.25, -0.2) is 0 Å². The highest BCUT2D eigenvalue weighted by Gasteiger charge is 2.03. The summed E-state index contributed by atoms with van der Waals surface area (Å²) in [6.45, 7) is 5.51. The number of nitriles is 1. The topological polar surface area (TPSA) is 45.0 Å². The largest absolute Gasteiger partial charge is 0.491 e. The van der Waals surface area contributed by atoms with Crippen LogP contribution >= 0.6 is 15.9 Å². The molecule has 0 aromatic heterocycles. The van der Waals surface area contributed by atoms with E-state index in [1.807, 2.05) is 6.07 Å². The lowest BCUT2D eigenvalue weighted by Gasteiger charge is -2.10. The minimum atomic E-state index is 0.448. The molecule has 0 spiro atoms. The maximum atomic E-state index is 8.92. The van der Waals surface area contributed by atoms with Crippen LogP contribution in [0.5, 0.6) is 5.75 Å². The monoisotopic (exact) mass is 282 g/mol. The highest BCUT2D eigenvalue weighted by Crippen LogP contribution is 2.22. The van der Waals surface area contributed by atoms with Crippen LogP contribution in [-0.2, 0) is 0 Å². The van der Waals surface area contributed by atoms with Crippen molar-refractivity contribution in [2.24, 2.45) is 0 Å². The molecule has 1 aromatic carbocycles. The SMILES string of the molecule is CC(C)NCCOc1ccc(Br)cc1C#N. The Hall–Kier alpha value is -1.05. The van der Waals surface area contributed by atoms with E-state index in [-0.39, 0.29) is 0 Å². The second-order valence-corrected chi connectivity index (χ2v) is 4.63. The molecule has 0 unspecified atom stereocenters. The molecule has 1 aromatic rings. The predicted molar refractivity (Wildman–Crippen MR) is 67.5 cm³/mol. The minimum Gasteiger partial charge on any atom is -0.491 e. The molecule has 0 radical (unpaired) electrons. The number of halogens is 1. The number of ether oxygens (including phenoxy) is 1. The summed E-state index contributed by atoms with van der Waals surface area (Å²) in [4.78, 5) is 0. The zero-order valence-electron chi connectivity index (χ0n) is 9.46. The summed E-state index contributed by atoms with van der Waals surface area (Å²) >= 11 is 3.32. The number of hydrogen-bond acceptors (Lipinski definition) is 3. The Morgan fingerprint density at radius 1 is 1.50 bits per heavy atom. The first-order chi connectivity index (χ1) is 7.63. The number of nitrogens with one attached hydrogen (secondary N) is 1. The first kappa shape index (κ1) is 13.0. The predicted octanol–water partition coefficient (Wildman–Crippen LogP) is 2.70. The third-order valence-corrected chi connectivity index (χ3v) is 2.47. The summed E-state index contributed by atoms with van der Waals surface area (Å²) in [6.07, 6.45) is 0. The highest BCUT2D eigenvalue weighted by molar-refractivity contribution is 9.10. The summed E-state index contributed by atoms with van der Waals surface area (Å²) in [5.74, 6) is 0.635. The van der Waals surface area contributed by atoms with Crippen molar-refractivity contribution < 1.29 is 4.74 Å². The van der Waals surface area contributed by atoms with E-state index < -0.39 is 0 Å². The molecular formula is C12H15BrN2O. The Balaban J connectivity index is 2.51. The molecular weight excluding hydrogens is 268 g/mol. The summed E-state index contributed by atoms with van der Waals surface area (Å²) in [6, 6.07) is 7.98. The van der Waals surface area contributed by atoms with Crippen LogP contribution in [0.1, 0.15) is 19.4 Å². The van der Waals surface area contributed by atoms with Gasteiger partial charge in [-0.1, -0.05) is 29.8 Å². The van der Waals surface area contributed by atoms with Crippen LogP contribution in [0, 0.1) is 11.3 Å². The van der Waals surface area contributed by atoms with Gasteiger partial charge >= 0.3 is 0 Å². The summed E-state index contributed by atoms with van der Waals surface area (Å²) in [5.41, 5.74) is 0.555. The van der Waals surface area contributed by atoms with E-state index in [1.54, 1.807) is 12.1 Å². The van der Waals surface area contributed by atoms with Gasteiger partial charge in [-0.15, -0.1) is 0 Å². The number of hydrogen-bond donors (Lipinski definition) is 1. The Morgan fingerprint density at radius 2 is 2.25 bits per heavy atom. The smallest absolute Gasteiger partial charge is 0.137 e. The molecule has 3 nitrogen and oxygen atoms in total. The molecule has 0 saturated heterocycles. The van der Waals surface area contributed by atoms with Crippen molar-refractivity contribution in [3.63, 3.8) is 0 Å². The van der Waals surface area contributed by atoms with Gasteiger partial charge in [-0.05, 0) is 18.2 Å². The fraction of sp³-hybridized carbons (Fsp3) is 0.417. The molecule has 0 aliphatic rings. The molecule has 86 valence electrons. The van der Waals surface area contributed by atoms with Gasteiger partial charge in [0.1, 0.15) is 18.4 Å². The molecule has 1 rings (SSSR count). The fourth-order valence-electron chi connectivity index (χ4n) is 1.22. The number of benzene rings is 1. The van der Waals surface area contributed by atoms with E-state index in [9.17, 15) is 0 Å². The zero-order chi connectivity index (χ0) is 12.0. The van der Waals surface area contributed by atoms with Gasteiger partial charge in [0.05, 0.1) is 5.56 Å². The molecule has 0 aliphatic heterocycles. The molecule has 0 bridgehead atoms. The molecule has 0 fully saturated rings. The van der Waals surface area contributed by atoms with Crippen LogP contribution in [-0.4, -0.2) is 19.2 Å². The average Bonchev–Trinajstić information content (AvgIpc) is 2.25. The van der Waals surface area contributed by atoms with Crippen molar-refractivity contribution in [3.05, 3.63) is 28.2 Å². The zero-order valence-corrected chi connectivity index (χ0v) is 11.0. The number of nitrogens with zero attached hydrogens (tertiary/aromatic N) is 1. The lowest BCUT2D eigenvalue weighted by Crippen LogP contribution is -2.27. The van der Waals surface area contributed by atoms with Crippen LogP contribution in [0.15, 0.2) is 22.7 Å². The lowest BCUT2D eigenvalue weighted by molar-refractivity contribution is 0.308. The first-order valence-electron chi connectivity index (χ1n) is 5.19. The van der Waals surface area contributed by atoms with Crippen LogP contribution in [0.25, 0.3) is 0 Å². The third kappa shape index (κ3) is 4.21. The summed E-state index contributed by atoms with van der Waals surface area (Å²) in [5, 5.41) is 12.2. The normalized spacial score (nSPS) is 10.2.